The minimum atomic E-state index is -0.166. The number of nitrogens with zero attached hydrogens (tertiary/aromatic N) is 3. The third-order valence-electron chi connectivity index (χ3n) is 3.24. The lowest BCUT2D eigenvalue weighted by molar-refractivity contribution is 0.0821. The Labute approximate surface area is 124 Å². The van der Waals surface area contributed by atoms with Gasteiger partial charge < -0.3 is 16.0 Å². The molecular weight excluding hydrogens is 266 g/mol. The normalized spacial score (nSPS) is 10.2. The molecule has 21 heavy (non-hydrogen) atoms. The van der Waals surface area contributed by atoms with Crippen LogP contribution in [0.3, 0.4) is 0 Å². The molecule has 0 atom stereocenters. The van der Waals surface area contributed by atoms with Gasteiger partial charge >= 0.3 is 0 Å². The van der Waals surface area contributed by atoms with Gasteiger partial charge in [-0.05, 0) is 36.2 Å². The van der Waals surface area contributed by atoms with Gasteiger partial charge in [0, 0.05) is 26.3 Å². The Morgan fingerprint density at radius 1 is 1.24 bits per heavy atom. The van der Waals surface area contributed by atoms with Gasteiger partial charge in [-0.2, -0.15) is 0 Å². The van der Waals surface area contributed by atoms with Crippen LogP contribution in [-0.4, -0.2) is 35.1 Å². The molecule has 0 fully saturated rings. The van der Waals surface area contributed by atoms with Crippen LogP contribution >= 0.6 is 0 Å². The molecule has 2 aromatic rings. The Balaban J connectivity index is 2.04. The van der Waals surface area contributed by atoms with Crippen LogP contribution in [0.1, 0.15) is 21.6 Å². The molecule has 3 N–H and O–H groups in total. The van der Waals surface area contributed by atoms with Gasteiger partial charge in [-0.25, -0.2) is 0 Å². The van der Waals surface area contributed by atoms with Crippen molar-refractivity contribution in [3.63, 3.8) is 0 Å². The predicted molar refractivity (Wildman–Crippen MR) is 83.0 cm³/mol. The van der Waals surface area contributed by atoms with Crippen LogP contribution in [0.25, 0.3) is 0 Å². The summed E-state index contributed by atoms with van der Waals surface area (Å²) >= 11 is 0. The Kier molecular flexibility index (Phi) is 4.37. The number of amides is 1. The number of nitrogen functional groups attached to an aromatic ring is 1. The lowest BCUT2D eigenvalue weighted by Gasteiger charge is -2.11. The van der Waals surface area contributed by atoms with E-state index in [0.717, 1.165) is 16.8 Å². The number of hydrogen-bond acceptors (Lipinski definition) is 5. The molecule has 110 valence electrons. The van der Waals surface area contributed by atoms with Crippen LogP contribution in [0.15, 0.2) is 30.3 Å². The van der Waals surface area contributed by atoms with E-state index in [0.29, 0.717) is 18.1 Å². The average molecular weight is 285 g/mol. The van der Waals surface area contributed by atoms with E-state index in [1.54, 1.807) is 26.2 Å². The number of carbonyl (C=O) groups is 1. The van der Waals surface area contributed by atoms with Crippen molar-refractivity contribution in [3.05, 3.63) is 47.2 Å². The molecule has 0 saturated carbocycles. The third-order valence-corrected chi connectivity index (χ3v) is 3.24. The van der Waals surface area contributed by atoms with Gasteiger partial charge in [-0.3, -0.25) is 4.79 Å². The highest BCUT2D eigenvalue weighted by atomic mass is 16.2. The number of rotatable bonds is 4. The van der Waals surface area contributed by atoms with Crippen molar-refractivity contribution < 1.29 is 4.79 Å². The summed E-state index contributed by atoms with van der Waals surface area (Å²) in [5.74, 6) is 0.452. The predicted octanol–water partition coefficient (Wildman–Crippen LogP) is 1.68. The molecule has 0 radical (unpaired) electrons. The van der Waals surface area contributed by atoms with Crippen LogP contribution < -0.4 is 11.1 Å². The molecule has 1 aromatic heterocycles. The van der Waals surface area contributed by atoms with Crippen molar-refractivity contribution in [3.8, 4) is 0 Å². The Morgan fingerprint density at radius 3 is 2.62 bits per heavy atom. The number of carbonyl (C=O) groups excluding carboxylic acids is 1. The number of benzene rings is 1. The van der Waals surface area contributed by atoms with Crippen LogP contribution in [0.4, 0.5) is 11.5 Å². The van der Waals surface area contributed by atoms with Gasteiger partial charge in [0.15, 0.2) is 5.69 Å². The number of anilines is 2. The van der Waals surface area contributed by atoms with E-state index in [9.17, 15) is 4.79 Å². The molecule has 2 rings (SSSR count). The van der Waals surface area contributed by atoms with Gasteiger partial charge in [-0.1, -0.05) is 12.1 Å². The first-order valence-corrected chi connectivity index (χ1v) is 6.62. The molecule has 1 aromatic carbocycles. The number of aromatic nitrogens is 2. The minimum absolute atomic E-state index is 0.166. The standard InChI is InChI=1S/C15H19N5O/c1-10-11(5-4-6-12(10)16)9-17-14-8-7-13(18-19-14)15(21)20(2)3/h4-8H,9,16H2,1-3H3,(H,17,19). The van der Waals surface area contributed by atoms with E-state index in [1.165, 1.54) is 4.90 Å². The molecule has 0 bridgehead atoms. The smallest absolute Gasteiger partial charge is 0.273 e. The van der Waals surface area contributed by atoms with E-state index in [-0.39, 0.29) is 5.91 Å². The van der Waals surface area contributed by atoms with Crippen LogP contribution in [0.5, 0.6) is 0 Å². The summed E-state index contributed by atoms with van der Waals surface area (Å²) in [5, 5.41) is 11.1. The first-order valence-electron chi connectivity index (χ1n) is 6.62. The minimum Gasteiger partial charge on any atom is -0.399 e. The SMILES string of the molecule is Cc1c(N)cccc1CNc1ccc(C(=O)N(C)C)nn1. The second-order valence-corrected chi connectivity index (χ2v) is 4.99. The Bertz CT molecular complexity index is 637. The van der Waals surface area contributed by atoms with Crippen molar-refractivity contribution in [1.29, 1.82) is 0 Å². The van der Waals surface area contributed by atoms with E-state index in [4.69, 9.17) is 5.73 Å². The first-order chi connectivity index (χ1) is 9.99. The molecule has 0 spiro atoms. The monoisotopic (exact) mass is 285 g/mol. The molecule has 1 amide bonds. The van der Waals surface area contributed by atoms with E-state index in [2.05, 4.69) is 15.5 Å². The van der Waals surface area contributed by atoms with Crippen molar-refractivity contribution in [2.75, 3.05) is 25.1 Å². The first kappa shape index (κ1) is 14.8. The lowest BCUT2D eigenvalue weighted by atomic mass is 10.1. The zero-order valence-corrected chi connectivity index (χ0v) is 12.4. The van der Waals surface area contributed by atoms with Crippen LogP contribution in [0.2, 0.25) is 0 Å². The molecule has 1 heterocycles. The highest BCUT2D eigenvalue weighted by Crippen LogP contribution is 2.16. The second-order valence-electron chi connectivity index (χ2n) is 4.99. The maximum atomic E-state index is 11.7. The van der Waals surface area contributed by atoms with Gasteiger partial charge in [0.2, 0.25) is 0 Å². The molecule has 6 heteroatoms. The topological polar surface area (TPSA) is 84.1 Å². The molecule has 0 saturated heterocycles. The highest BCUT2D eigenvalue weighted by molar-refractivity contribution is 5.91. The third kappa shape index (κ3) is 3.47. The Hall–Kier alpha value is -2.63. The summed E-state index contributed by atoms with van der Waals surface area (Å²) in [5.41, 5.74) is 9.12. The number of nitrogens with two attached hydrogens (primary N) is 1. The van der Waals surface area contributed by atoms with Gasteiger partial charge in [0.25, 0.3) is 5.91 Å². The summed E-state index contributed by atoms with van der Waals surface area (Å²) in [7, 11) is 3.36. The quantitative estimate of drug-likeness (QED) is 0.835. The molecular formula is C15H19N5O. The van der Waals surface area contributed by atoms with E-state index in [1.807, 2.05) is 25.1 Å². The van der Waals surface area contributed by atoms with Crippen molar-refractivity contribution in [2.24, 2.45) is 0 Å². The fourth-order valence-corrected chi connectivity index (χ4v) is 1.85. The summed E-state index contributed by atoms with van der Waals surface area (Å²) < 4.78 is 0. The summed E-state index contributed by atoms with van der Waals surface area (Å²) in [4.78, 5) is 13.2. The summed E-state index contributed by atoms with van der Waals surface area (Å²) in [6, 6.07) is 9.20. The summed E-state index contributed by atoms with van der Waals surface area (Å²) in [6.07, 6.45) is 0. The molecule has 0 unspecified atom stereocenters. The Morgan fingerprint density at radius 2 is 2.00 bits per heavy atom. The summed E-state index contributed by atoms with van der Waals surface area (Å²) in [6.45, 7) is 2.59. The largest absolute Gasteiger partial charge is 0.399 e. The zero-order valence-electron chi connectivity index (χ0n) is 12.4. The molecule has 0 aliphatic carbocycles. The number of hydrogen-bond donors (Lipinski definition) is 2. The van der Waals surface area contributed by atoms with Gasteiger partial charge in [0.05, 0.1) is 0 Å². The van der Waals surface area contributed by atoms with E-state index >= 15 is 0 Å². The lowest BCUT2D eigenvalue weighted by Crippen LogP contribution is -2.23. The second kappa shape index (κ2) is 6.21. The molecule has 0 aliphatic rings. The average Bonchev–Trinajstić information content (AvgIpc) is 2.48. The van der Waals surface area contributed by atoms with Crippen molar-refractivity contribution >= 4 is 17.4 Å². The van der Waals surface area contributed by atoms with Crippen molar-refractivity contribution in [1.82, 2.24) is 15.1 Å². The fraction of sp³-hybridized carbons (Fsp3) is 0.267. The van der Waals surface area contributed by atoms with Gasteiger partial charge in [0.1, 0.15) is 5.82 Å². The maximum absolute atomic E-state index is 11.7. The van der Waals surface area contributed by atoms with E-state index < -0.39 is 0 Å². The molecule has 6 nitrogen and oxygen atoms in total. The molecule has 0 aliphatic heterocycles. The van der Waals surface area contributed by atoms with Crippen molar-refractivity contribution in [2.45, 2.75) is 13.5 Å². The van der Waals surface area contributed by atoms with Crippen LogP contribution in [0, 0.1) is 6.92 Å². The van der Waals surface area contributed by atoms with Crippen LogP contribution in [-0.2, 0) is 6.54 Å². The zero-order chi connectivity index (χ0) is 15.4. The highest BCUT2D eigenvalue weighted by Gasteiger charge is 2.10. The van der Waals surface area contributed by atoms with Gasteiger partial charge in [-0.15, -0.1) is 10.2 Å². The maximum Gasteiger partial charge on any atom is 0.273 e. The number of nitrogens with one attached hydrogen (secondary N) is 1. The fourth-order valence-electron chi connectivity index (χ4n) is 1.85.